The van der Waals surface area contributed by atoms with E-state index in [9.17, 15) is 28.8 Å². The van der Waals surface area contributed by atoms with E-state index in [4.69, 9.17) is 59.1 Å². The highest BCUT2D eigenvalue weighted by atomic mass is 16.6. The van der Waals surface area contributed by atoms with E-state index in [-0.39, 0.29) is 44.3 Å². The van der Waals surface area contributed by atoms with Gasteiger partial charge >= 0.3 is 35.8 Å². The molecular formula is C30H40O20. The summed E-state index contributed by atoms with van der Waals surface area (Å²) in [5, 5.41) is 51.7. The molecule has 280 valence electrons. The Balaban J connectivity index is 0. The average molecular weight is 721 g/mol. The minimum Gasteiger partial charge on any atom is -0.478 e. The number of hydrogen-bond acceptors (Lipinski definition) is 12. The van der Waals surface area contributed by atoms with E-state index in [0.717, 1.165) is 36.4 Å². The number of carboxylic acids is 6. The second-order valence-electron chi connectivity index (χ2n) is 9.10. The van der Waals surface area contributed by atoms with Crippen molar-refractivity contribution in [2.45, 2.75) is 0 Å². The van der Waals surface area contributed by atoms with Gasteiger partial charge in [0, 0.05) is 0 Å². The van der Waals surface area contributed by atoms with Crippen molar-refractivity contribution in [3.8, 4) is 0 Å². The van der Waals surface area contributed by atoms with E-state index in [1.807, 2.05) is 0 Å². The van der Waals surface area contributed by atoms with E-state index >= 15 is 0 Å². The third kappa shape index (κ3) is 20.3. The monoisotopic (exact) mass is 720 g/mol. The molecule has 20 heteroatoms. The van der Waals surface area contributed by atoms with Crippen molar-refractivity contribution >= 4 is 35.8 Å². The highest BCUT2D eigenvalue weighted by Gasteiger charge is 2.15. The second-order valence-corrected chi connectivity index (χ2v) is 9.10. The van der Waals surface area contributed by atoms with Crippen LogP contribution >= 0.6 is 0 Å². The summed E-state index contributed by atoms with van der Waals surface area (Å²) in [5.74, 6) is -8.25. The van der Waals surface area contributed by atoms with Crippen molar-refractivity contribution in [3.05, 3.63) is 69.8 Å². The normalized spacial score (nSPS) is 14.4. The van der Waals surface area contributed by atoms with Crippen LogP contribution in [0, 0.1) is 0 Å². The lowest BCUT2D eigenvalue weighted by atomic mass is 10.1. The molecule has 3 rings (SSSR count). The molecule has 0 atom stereocenters. The highest BCUT2D eigenvalue weighted by Crippen LogP contribution is 2.12. The number of carbonyl (C=O) groups is 6. The lowest BCUT2D eigenvalue weighted by Crippen LogP contribution is -2.16. The summed E-state index contributed by atoms with van der Waals surface area (Å²) in [4.78, 5) is 63.4. The first-order valence-electron chi connectivity index (χ1n) is 14.0. The number of carboxylic acid groups (broad SMARTS) is 6. The number of rotatable bonds is 6. The van der Waals surface area contributed by atoms with Crippen LogP contribution < -0.4 is 0 Å². The highest BCUT2D eigenvalue weighted by molar-refractivity contribution is 5.99. The molecule has 2 aromatic rings. The Labute approximate surface area is 283 Å². The maximum atomic E-state index is 10.6. The van der Waals surface area contributed by atoms with E-state index in [2.05, 4.69) is 0 Å². The average Bonchev–Trinajstić information content (AvgIpc) is 3.04. The molecule has 1 heterocycles. The van der Waals surface area contributed by atoms with E-state index in [1.165, 1.54) is 0 Å². The standard InChI is InChI=1S/C12H24O6.2C9H6O6.2H2O/c1-2-14-5-6-16-9-10-18-12-11-17-8-7-15-4-3-13-1;2*10-7(11)4-1-5(8(12)13)3-6(2-4)9(14)15;;/h1-12H2;2*1-3H,(H,10,11)(H,12,13)(H,14,15);2*1H2. The molecule has 0 bridgehead atoms. The minimum atomic E-state index is -1.37. The number of hydrogen-bond donors (Lipinski definition) is 6. The van der Waals surface area contributed by atoms with Crippen LogP contribution in [0.4, 0.5) is 0 Å². The molecule has 0 unspecified atom stereocenters. The van der Waals surface area contributed by atoms with Crippen LogP contribution in [0.5, 0.6) is 0 Å². The molecule has 1 aliphatic heterocycles. The fraction of sp³-hybridized carbons (Fsp3) is 0.400. The molecule has 50 heavy (non-hydrogen) atoms. The van der Waals surface area contributed by atoms with Crippen LogP contribution in [0.25, 0.3) is 0 Å². The first kappa shape index (κ1) is 47.1. The summed E-state index contributed by atoms with van der Waals surface area (Å²) < 4.78 is 32.0. The van der Waals surface area contributed by atoms with Gasteiger partial charge in [0.05, 0.1) is 113 Å². The zero-order valence-electron chi connectivity index (χ0n) is 26.5. The molecule has 0 saturated carbocycles. The molecule has 0 spiro atoms. The zero-order valence-corrected chi connectivity index (χ0v) is 26.5. The molecule has 0 aromatic heterocycles. The molecule has 0 amide bonds. The van der Waals surface area contributed by atoms with Crippen LogP contribution in [0.2, 0.25) is 0 Å². The van der Waals surface area contributed by atoms with E-state index < -0.39 is 35.8 Å². The number of aromatic carboxylic acids is 6. The third-order valence-electron chi connectivity index (χ3n) is 5.58. The van der Waals surface area contributed by atoms with Crippen molar-refractivity contribution in [3.63, 3.8) is 0 Å². The first-order valence-corrected chi connectivity index (χ1v) is 14.0. The van der Waals surface area contributed by atoms with Crippen molar-refractivity contribution in [1.29, 1.82) is 0 Å². The Morgan fingerprint density at radius 1 is 0.300 bits per heavy atom. The fourth-order valence-corrected chi connectivity index (χ4v) is 3.32. The Kier molecular flexibility index (Phi) is 25.3. The Morgan fingerprint density at radius 3 is 0.480 bits per heavy atom. The summed E-state index contributed by atoms with van der Waals surface area (Å²) in [6.07, 6.45) is 0. The van der Waals surface area contributed by atoms with Gasteiger partial charge in [0.1, 0.15) is 0 Å². The van der Waals surface area contributed by atoms with Crippen LogP contribution in [0.15, 0.2) is 36.4 Å². The predicted octanol–water partition coefficient (Wildman–Crippen LogP) is 0.0126. The molecule has 0 radical (unpaired) electrons. The molecule has 1 saturated heterocycles. The van der Waals surface area contributed by atoms with Crippen molar-refractivity contribution in [1.82, 2.24) is 0 Å². The van der Waals surface area contributed by atoms with Gasteiger partial charge in [0.25, 0.3) is 0 Å². The summed E-state index contributed by atoms with van der Waals surface area (Å²) in [6, 6.07) is 5.40. The van der Waals surface area contributed by atoms with Crippen molar-refractivity contribution in [2.24, 2.45) is 0 Å². The molecule has 0 aliphatic carbocycles. The largest absolute Gasteiger partial charge is 0.478 e. The van der Waals surface area contributed by atoms with Gasteiger partial charge in [-0.25, -0.2) is 28.8 Å². The number of benzene rings is 2. The van der Waals surface area contributed by atoms with Gasteiger partial charge in [-0.15, -0.1) is 0 Å². The molecule has 1 fully saturated rings. The van der Waals surface area contributed by atoms with Gasteiger partial charge in [-0.2, -0.15) is 0 Å². The smallest absolute Gasteiger partial charge is 0.335 e. The predicted molar refractivity (Wildman–Crippen MR) is 167 cm³/mol. The van der Waals surface area contributed by atoms with Gasteiger partial charge in [-0.3, -0.25) is 0 Å². The maximum Gasteiger partial charge on any atom is 0.335 e. The summed E-state index contributed by atoms with van der Waals surface area (Å²) in [6.45, 7) is 7.04. The third-order valence-corrected chi connectivity index (χ3v) is 5.58. The fourth-order valence-electron chi connectivity index (χ4n) is 3.32. The maximum absolute atomic E-state index is 10.6. The minimum absolute atomic E-state index is 0. The Bertz CT molecular complexity index is 1060. The quantitative estimate of drug-likeness (QED) is 0.229. The van der Waals surface area contributed by atoms with Crippen molar-refractivity contribution < 1.29 is 98.8 Å². The van der Waals surface area contributed by atoms with Crippen LogP contribution in [0.1, 0.15) is 62.1 Å². The zero-order chi connectivity index (χ0) is 35.9. The van der Waals surface area contributed by atoms with Gasteiger partial charge in [-0.1, -0.05) is 0 Å². The summed E-state index contributed by atoms with van der Waals surface area (Å²) >= 11 is 0. The lowest BCUT2D eigenvalue weighted by Gasteiger charge is -2.09. The Hall–Kier alpha value is -5.06. The van der Waals surface area contributed by atoms with Crippen molar-refractivity contribution in [2.75, 3.05) is 79.3 Å². The van der Waals surface area contributed by atoms with Crippen LogP contribution in [-0.4, -0.2) is 157 Å². The Morgan fingerprint density at radius 2 is 0.400 bits per heavy atom. The van der Waals surface area contributed by atoms with Gasteiger partial charge in [0.2, 0.25) is 0 Å². The second kappa shape index (κ2) is 26.8. The van der Waals surface area contributed by atoms with Gasteiger partial charge in [-0.05, 0) is 36.4 Å². The topological polar surface area (TPSA) is 342 Å². The molecular weight excluding hydrogens is 680 g/mol. The first-order chi connectivity index (χ1) is 22.8. The summed E-state index contributed by atoms with van der Waals surface area (Å²) in [5.41, 5.74) is -2.21. The van der Waals surface area contributed by atoms with Crippen LogP contribution in [-0.2, 0) is 28.4 Å². The van der Waals surface area contributed by atoms with E-state index in [1.54, 1.807) is 0 Å². The SMILES string of the molecule is C1COCCOCCOCCOCCOCCO1.O.O.O=C(O)c1cc(C(=O)O)cc(C(=O)O)c1.O=C(O)c1cc(C(=O)O)cc(C(=O)O)c1. The molecule has 20 nitrogen and oxygen atoms in total. The molecule has 1 aliphatic rings. The van der Waals surface area contributed by atoms with E-state index in [0.29, 0.717) is 79.3 Å². The van der Waals surface area contributed by atoms with Crippen LogP contribution in [0.3, 0.4) is 0 Å². The number of ether oxygens (including phenoxy) is 6. The lowest BCUT2D eigenvalue weighted by molar-refractivity contribution is -0.0334. The summed E-state index contributed by atoms with van der Waals surface area (Å²) in [7, 11) is 0. The molecule has 10 N–H and O–H groups in total. The van der Waals surface area contributed by atoms with Gasteiger partial charge in [0.15, 0.2) is 0 Å². The van der Waals surface area contributed by atoms with Gasteiger partial charge < -0.3 is 70.0 Å². The molecule has 2 aromatic carbocycles.